The summed E-state index contributed by atoms with van der Waals surface area (Å²) in [6.07, 6.45) is 3.29. The van der Waals surface area contributed by atoms with Crippen molar-refractivity contribution in [2.45, 2.75) is 63.8 Å². The minimum atomic E-state index is -0.390. The Hall–Kier alpha value is -0.320. The van der Waals surface area contributed by atoms with Crippen molar-refractivity contribution in [2.24, 2.45) is 11.7 Å². The highest BCUT2D eigenvalue weighted by Gasteiger charge is 2.44. The molecule has 2 heterocycles. The fourth-order valence-electron chi connectivity index (χ4n) is 2.97. The molecule has 0 aliphatic carbocycles. The fourth-order valence-corrected chi connectivity index (χ4v) is 2.97. The molecule has 3 atom stereocenters. The van der Waals surface area contributed by atoms with Crippen molar-refractivity contribution in [3.8, 4) is 0 Å². The van der Waals surface area contributed by atoms with E-state index in [0.29, 0.717) is 0 Å². The van der Waals surface area contributed by atoms with Crippen LogP contribution in [0, 0.1) is 5.92 Å². The van der Waals surface area contributed by atoms with E-state index in [1.165, 1.54) is 0 Å². The lowest BCUT2D eigenvalue weighted by molar-refractivity contribution is -0.139. The van der Waals surface area contributed by atoms with Crippen LogP contribution in [0.4, 0.5) is 0 Å². The second-order valence-electron chi connectivity index (χ2n) is 5.53. The number of nitrogens with zero attached hydrogens (tertiary/aromatic N) is 1. The number of aliphatic hydroxyl groups excluding tert-OH is 1. The van der Waals surface area contributed by atoms with Crippen LogP contribution in [0.25, 0.3) is 0 Å². The Morgan fingerprint density at radius 1 is 1.29 bits per heavy atom. The predicted molar refractivity (Wildman–Crippen MR) is 69.0 cm³/mol. The Bertz CT molecular complexity index is 272. The number of hydrogen-bond acceptors (Lipinski definition) is 3. The molecule has 5 heteroatoms. The number of carbonyl (C=O) groups is 1. The molecular formula is C12H23ClN2O2. The normalized spacial score (nSPS) is 33.5. The van der Waals surface area contributed by atoms with Gasteiger partial charge in [-0.1, -0.05) is 13.8 Å². The number of nitrogens with two attached hydrogens (primary N) is 1. The molecule has 17 heavy (non-hydrogen) atoms. The lowest BCUT2D eigenvalue weighted by Crippen LogP contribution is -2.54. The van der Waals surface area contributed by atoms with Crippen LogP contribution in [0.5, 0.6) is 0 Å². The Balaban J connectivity index is 0.00000144. The molecular weight excluding hydrogens is 240 g/mol. The van der Waals surface area contributed by atoms with Crippen molar-refractivity contribution in [2.75, 3.05) is 0 Å². The lowest BCUT2D eigenvalue weighted by atomic mass is 9.96. The van der Waals surface area contributed by atoms with Gasteiger partial charge in [0.15, 0.2) is 0 Å². The van der Waals surface area contributed by atoms with Crippen LogP contribution in [-0.4, -0.2) is 40.1 Å². The lowest BCUT2D eigenvalue weighted by Gasteiger charge is -2.39. The molecule has 2 rings (SSSR count). The number of aliphatic hydroxyl groups is 1. The average Bonchev–Trinajstić information content (AvgIpc) is 2.49. The highest BCUT2D eigenvalue weighted by Crippen LogP contribution is 2.36. The molecule has 0 radical (unpaired) electrons. The highest BCUT2D eigenvalue weighted by atomic mass is 35.5. The van der Waals surface area contributed by atoms with Gasteiger partial charge in [-0.25, -0.2) is 0 Å². The molecule has 100 valence electrons. The minimum Gasteiger partial charge on any atom is -0.393 e. The second kappa shape index (κ2) is 5.55. The van der Waals surface area contributed by atoms with Crippen LogP contribution >= 0.6 is 12.4 Å². The van der Waals surface area contributed by atoms with E-state index in [1.54, 1.807) is 0 Å². The number of halogens is 1. The second-order valence-corrected chi connectivity index (χ2v) is 5.53. The molecule has 2 bridgehead atoms. The van der Waals surface area contributed by atoms with Gasteiger partial charge in [-0.2, -0.15) is 0 Å². The zero-order chi connectivity index (χ0) is 11.9. The number of piperidine rings is 1. The van der Waals surface area contributed by atoms with E-state index in [0.717, 1.165) is 25.7 Å². The maximum Gasteiger partial charge on any atom is 0.240 e. The molecule has 0 saturated carbocycles. The molecule has 0 aromatic carbocycles. The average molecular weight is 263 g/mol. The Kier molecular flexibility index (Phi) is 4.81. The summed E-state index contributed by atoms with van der Waals surface area (Å²) in [5.74, 6) is 0.258. The topological polar surface area (TPSA) is 66.6 Å². The van der Waals surface area contributed by atoms with Crippen LogP contribution in [0.3, 0.4) is 0 Å². The first kappa shape index (κ1) is 14.7. The first-order valence-corrected chi connectivity index (χ1v) is 6.26. The smallest absolute Gasteiger partial charge is 0.240 e. The van der Waals surface area contributed by atoms with E-state index < -0.39 is 6.04 Å². The molecule has 4 nitrogen and oxygen atoms in total. The van der Waals surface area contributed by atoms with Crippen LogP contribution in [0.2, 0.25) is 0 Å². The highest BCUT2D eigenvalue weighted by molar-refractivity contribution is 5.85. The number of carbonyl (C=O) groups excluding carboxylic acids is 1. The van der Waals surface area contributed by atoms with Crippen molar-refractivity contribution in [1.82, 2.24) is 4.90 Å². The first-order valence-electron chi connectivity index (χ1n) is 6.26. The number of fused-ring (bicyclic) bond motifs is 2. The summed E-state index contributed by atoms with van der Waals surface area (Å²) in [5.41, 5.74) is 5.92. The van der Waals surface area contributed by atoms with E-state index in [4.69, 9.17) is 5.73 Å². The van der Waals surface area contributed by atoms with Crippen LogP contribution in [0.1, 0.15) is 39.5 Å². The van der Waals surface area contributed by atoms with Gasteiger partial charge in [-0.3, -0.25) is 4.79 Å². The molecule has 2 aliphatic rings. The fraction of sp³-hybridized carbons (Fsp3) is 0.917. The summed E-state index contributed by atoms with van der Waals surface area (Å²) >= 11 is 0. The van der Waals surface area contributed by atoms with Gasteiger partial charge in [0.1, 0.15) is 0 Å². The SMILES string of the molecule is CC(C)[C@H](N)C(=O)N1C2CCC1CC(O)C2.Cl. The van der Waals surface area contributed by atoms with Crippen LogP contribution < -0.4 is 5.73 Å². The molecule has 3 N–H and O–H groups in total. The summed E-state index contributed by atoms with van der Waals surface area (Å²) in [6, 6.07) is 0.0652. The van der Waals surface area contributed by atoms with Gasteiger partial charge >= 0.3 is 0 Å². The van der Waals surface area contributed by atoms with Gasteiger partial charge in [0.25, 0.3) is 0 Å². The van der Waals surface area contributed by atoms with Gasteiger partial charge in [0.2, 0.25) is 5.91 Å². The van der Waals surface area contributed by atoms with E-state index in [1.807, 2.05) is 18.7 Å². The van der Waals surface area contributed by atoms with E-state index in [-0.39, 0.29) is 42.4 Å². The molecule has 2 unspecified atom stereocenters. The van der Waals surface area contributed by atoms with Gasteiger partial charge < -0.3 is 15.7 Å². The Morgan fingerprint density at radius 3 is 2.18 bits per heavy atom. The molecule has 0 aromatic heterocycles. The zero-order valence-electron chi connectivity index (χ0n) is 10.5. The Labute approximate surface area is 109 Å². The maximum atomic E-state index is 12.2. The molecule has 2 aliphatic heterocycles. The summed E-state index contributed by atoms with van der Waals surface area (Å²) in [4.78, 5) is 14.2. The first-order chi connectivity index (χ1) is 7.50. The summed E-state index contributed by atoms with van der Waals surface area (Å²) in [5, 5.41) is 9.67. The van der Waals surface area contributed by atoms with Gasteiger partial charge in [-0.05, 0) is 31.6 Å². The quantitative estimate of drug-likeness (QED) is 0.777. The predicted octanol–water partition coefficient (Wildman–Crippen LogP) is 0.906. The monoisotopic (exact) mass is 262 g/mol. The maximum absolute atomic E-state index is 12.2. The Morgan fingerprint density at radius 2 is 1.76 bits per heavy atom. The standard InChI is InChI=1S/C12H22N2O2.ClH/c1-7(2)11(13)12(16)14-8-3-4-9(14)6-10(15)5-8;/h7-11,15H,3-6,13H2,1-2H3;1H/t8?,9?,10?,11-;/m0./s1. The molecule has 1 amide bonds. The minimum absolute atomic E-state index is 0. The van der Waals surface area contributed by atoms with Crippen molar-refractivity contribution in [3.63, 3.8) is 0 Å². The number of amides is 1. The van der Waals surface area contributed by atoms with Crippen molar-refractivity contribution in [3.05, 3.63) is 0 Å². The van der Waals surface area contributed by atoms with Crippen molar-refractivity contribution >= 4 is 18.3 Å². The molecule has 0 aromatic rings. The number of rotatable bonds is 2. The third-order valence-corrected chi connectivity index (χ3v) is 3.97. The third-order valence-electron chi connectivity index (χ3n) is 3.97. The zero-order valence-corrected chi connectivity index (χ0v) is 11.3. The van der Waals surface area contributed by atoms with E-state index in [2.05, 4.69) is 0 Å². The molecule has 0 spiro atoms. The third kappa shape index (κ3) is 2.75. The number of hydrogen-bond donors (Lipinski definition) is 2. The van der Waals surface area contributed by atoms with Crippen LogP contribution in [0.15, 0.2) is 0 Å². The summed E-state index contributed by atoms with van der Waals surface area (Å²) in [6.45, 7) is 3.95. The molecule has 2 fully saturated rings. The van der Waals surface area contributed by atoms with Gasteiger partial charge in [-0.15, -0.1) is 12.4 Å². The van der Waals surface area contributed by atoms with Gasteiger partial charge in [0, 0.05) is 12.1 Å². The van der Waals surface area contributed by atoms with E-state index in [9.17, 15) is 9.90 Å². The van der Waals surface area contributed by atoms with Crippen molar-refractivity contribution < 1.29 is 9.90 Å². The summed E-state index contributed by atoms with van der Waals surface area (Å²) < 4.78 is 0. The largest absolute Gasteiger partial charge is 0.393 e. The van der Waals surface area contributed by atoms with Gasteiger partial charge in [0.05, 0.1) is 12.1 Å². The summed E-state index contributed by atoms with van der Waals surface area (Å²) in [7, 11) is 0. The molecule has 2 saturated heterocycles. The van der Waals surface area contributed by atoms with E-state index >= 15 is 0 Å². The van der Waals surface area contributed by atoms with Crippen molar-refractivity contribution in [1.29, 1.82) is 0 Å². The van der Waals surface area contributed by atoms with Crippen LogP contribution in [-0.2, 0) is 4.79 Å².